The molecule has 2 N–H and O–H groups in total. The van der Waals surface area contributed by atoms with Gasteiger partial charge < -0.3 is 14.6 Å². The first-order valence-corrected chi connectivity index (χ1v) is 11.3. The maximum atomic E-state index is 13.1. The molecule has 0 bridgehead atoms. The van der Waals surface area contributed by atoms with Crippen molar-refractivity contribution in [2.75, 3.05) is 12.4 Å². The zero-order valence-corrected chi connectivity index (χ0v) is 19.1. The van der Waals surface area contributed by atoms with Crippen LogP contribution in [0, 0.1) is 6.92 Å². The van der Waals surface area contributed by atoms with Gasteiger partial charge in [-0.25, -0.2) is 4.98 Å². The quantitative estimate of drug-likeness (QED) is 0.515. The van der Waals surface area contributed by atoms with Gasteiger partial charge in [-0.2, -0.15) is 0 Å². The molecule has 11 heteroatoms. The van der Waals surface area contributed by atoms with Gasteiger partial charge in [0, 0.05) is 23.0 Å². The van der Waals surface area contributed by atoms with Crippen molar-refractivity contribution in [3.8, 4) is 22.1 Å². The van der Waals surface area contributed by atoms with Gasteiger partial charge in [0.2, 0.25) is 5.13 Å². The van der Waals surface area contributed by atoms with Crippen LogP contribution >= 0.6 is 22.9 Å². The fourth-order valence-corrected chi connectivity index (χ4v) is 4.35. The number of anilines is 1. The lowest BCUT2D eigenvalue weighted by molar-refractivity contribution is 0.0661. The molecule has 32 heavy (non-hydrogen) atoms. The predicted molar refractivity (Wildman–Crippen MR) is 121 cm³/mol. The Hall–Kier alpha value is -2.82. The summed E-state index contributed by atoms with van der Waals surface area (Å²) < 4.78 is 11.3. The van der Waals surface area contributed by atoms with E-state index in [1.165, 1.54) is 19.5 Å². The minimum atomic E-state index is -0.397. The standard InChI is InChI=1S/C21H22ClN5O4S/c1-11-7-14(15-8-18(22)24-10-17(15)30-2)16(9-23-11)19(29)25-20-26-27-21(32-20)31-13-5-3-12(28)4-6-13/h7-10,12-13,28H,3-6H2,1-2H3,(H,25,26,29). The number of hydrogen-bond acceptors (Lipinski definition) is 9. The van der Waals surface area contributed by atoms with Crippen molar-refractivity contribution in [3.63, 3.8) is 0 Å². The highest BCUT2D eigenvalue weighted by Crippen LogP contribution is 2.34. The van der Waals surface area contributed by atoms with Crippen LogP contribution in [0.2, 0.25) is 5.15 Å². The van der Waals surface area contributed by atoms with Gasteiger partial charge in [-0.1, -0.05) is 16.7 Å². The Balaban J connectivity index is 1.54. The maximum absolute atomic E-state index is 13.1. The molecule has 4 rings (SSSR count). The highest BCUT2D eigenvalue weighted by atomic mass is 35.5. The molecule has 3 aromatic rings. The van der Waals surface area contributed by atoms with Crippen molar-refractivity contribution in [2.45, 2.75) is 44.8 Å². The summed E-state index contributed by atoms with van der Waals surface area (Å²) in [6.45, 7) is 1.83. The molecule has 3 aromatic heterocycles. The summed E-state index contributed by atoms with van der Waals surface area (Å²) in [5.41, 5.74) is 2.30. The van der Waals surface area contributed by atoms with Crippen molar-refractivity contribution in [3.05, 3.63) is 40.9 Å². The molecule has 3 heterocycles. The number of rotatable bonds is 6. The molecule has 0 radical (unpaired) electrons. The Morgan fingerprint density at radius 3 is 2.69 bits per heavy atom. The van der Waals surface area contributed by atoms with Crippen LogP contribution in [0.3, 0.4) is 0 Å². The van der Waals surface area contributed by atoms with Gasteiger partial charge in [0.1, 0.15) is 17.0 Å². The second-order valence-electron chi connectivity index (χ2n) is 7.45. The number of carbonyl (C=O) groups is 1. The number of halogens is 1. The Morgan fingerprint density at radius 1 is 1.16 bits per heavy atom. The fourth-order valence-electron chi connectivity index (χ4n) is 3.53. The first-order valence-electron chi connectivity index (χ1n) is 10.1. The van der Waals surface area contributed by atoms with E-state index in [9.17, 15) is 9.90 Å². The third-order valence-corrected chi connectivity index (χ3v) is 6.10. The molecule has 0 atom stereocenters. The number of nitrogens with one attached hydrogen (secondary N) is 1. The summed E-state index contributed by atoms with van der Waals surface area (Å²) >= 11 is 7.24. The van der Waals surface area contributed by atoms with E-state index >= 15 is 0 Å². The van der Waals surface area contributed by atoms with E-state index in [2.05, 4.69) is 25.5 Å². The Bertz CT molecular complexity index is 1120. The van der Waals surface area contributed by atoms with E-state index in [-0.39, 0.29) is 17.4 Å². The highest BCUT2D eigenvalue weighted by molar-refractivity contribution is 7.17. The van der Waals surface area contributed by atoms with Gasteiger partial charge in [-0.05, 0) is 56.1 Å². The first-order chi connectivity index (χ1) is 15.4. The van der Waals surface area contributed by atoms with Gasteiger partial charge in [0.05, 0.1) is 25.0 Å². The number of hydrogen-bond donors (Lipinski definition) is 2. The Labute approximate surface area is 193 Å². The summed E-state index contributed by atoms with van der Waals surface area (Å²) in [5.74, 6) is 0.0872. The SMILES string of the molecule is COc1cnc(Cl)cc1-c1cc(C)ncc1C(=O)Nc1nnc(OC2CCC(O)CC2)s1. The molecule has 1 aliphatic rings. The molecule has 168 valence electrons. The summed E-state index contributed by atoms with van der Waals surface area (Å²) in [7, 11) is 1.53. The predicted octanol–water partition coefficient (Wildman–Crippen LogP) is 3.90. The molecule has 1 fully saturated rings. The van der Waals surface area contributed by atoms with Crippen molar-refractivity contribution in [1.29, 1.82) is 0 Å². The molecule has 0 aliphatic heterocycles. The molecule has 9 nitrogen and oxygen atoms in total. The number of amides is 1. The van der Waals surface area contributed by atoms with Crippen LogP contribution < -0.4 is 14.8 Å². The van der Waals surface area contributed by atoms with Crippen LogP contribution in [0.25, 0.3) is 11.1 Å². The van der Waals surface area contributed by atoms with E-state index < -0.39 is 5.91 Å². The second-order valence-corrected chi connectivity index (χ2v) is 8.78. The van der Waals surface area contributed by atoms with Crippen LogP contribution in [0.15, 0.2) is 24.5 Å². The van der Waals surface area contributed by atoms with Crippen molar-refractivity contribution in [1.82, 2.24) is 20.2 Å². The van der Waals surface area contributed by atoms with E-state index in [0.29, 0.717) is 45.6 Å². The van der Waals surface area contributed by atoms with Gasteiger partial charge >= 0.3 is 0 Å². The Morgan fingerprint density at radius 2 is 1.94 bits per heavy atom. The second kappa shape index (κ2) is 9.76. The van der Waals surface area contributed by atoms with E-state index in [0.717, 1.165) is 29.9 Å². The minimum Gasteiger partial charge on any atom is -0.494 e. The van der Waals surface area contributed by atoms with E-state index in [1.54, 1.807) is 12.1 Å². The largest absolute Gasteiger partial charge is 0.494 e. The molecule has 1 saturated carbocycles. The van der Waals surface area contributed by atoms with Gasteiger partial charge in [-0.3, -0.25) is 15.1 Å². The summed E-state index contributed by atoms with van der Waals surface area (Å²) in [5, 5.41) is 21.4. The molecule has 0 saturated heterocycles. The van der Waals surface area contributed by atoms with Crippen molar-refractivity contribution < 1.29 is 19.4 Å². The lowest BCUT2D eigenvalue weighted by atomic mass is 9.95. The topological polar surface area (TPSA) is 119 Å². The molecule has 1 aliphatic carbocycles. The number of ether oxygens (including phenoxy) is 2. The summed E-state index contributed by atoms with van der Waals surface area (Å²) in [6.07, 6.45) is 5.68. The number of aliphatic hydroxyl groups is 1. The van der Waals surface area contributed by atoms with Gasteiger partial charge in [0.15, 0.2) is 0 Å². The number of aliphatic hydroxyl groups excluding tert-OH is 1. The number of aryl methyl sites for hydroxylation is 1. The maximum Gasteiger partial charge on any atom is 0.296 e. The first kappa shape index (κ1) is 22.4. The van der Waals surface area contributed by atoms with Crippen LogP contribution in [-0.4, -0.2) is 50.5 Å². The number of nitrogens with zero attached hydrogens (tertiary/aromatic N) is 4. The lowest BCUT2D eigenvalue weighted by Crippen LogP contribution is -2.26. The zero-order valence-electron chi connectivity index (χ0n) is 17.5. The number of pyridine rings is 2. The van der Waals surface area contributed by atoms with Crippen LogP contribution in [-0.2, 0) is 0 Å². The molecular formula is C21H22ClN5O4S. The van der Waals surface area contributed by atoms with E-state index in [4.69, 9.17) is 21.1 Å². The summed E-state index contributed by atoms with van der Waals surface area (Å²) in [4.78, 5) is 21.4. The average Bonchev–Trinajstić information content (AvgIpc) is 3.21. The van der Waals surface area contributed by atoms with Crippen LogP contribution in [0.5, 0.6) is 10.9 Å². The normalized spacial score (nSPS) is 18.2. The lowest BCUT2D eigenvalue weighted by Gasteiger charge is -2.24. The minimum absolute atomic E-state index is 0.00768. The fraction of sp³-hybridized carbons (Fsp3) is 0.381. The molecule has 1 amide bonds. The van der Waals surface area contributed by atoms with Crippen LogP contribution in [0.1, 0.15) is 41.7 Å². The Kier molecular flexibility index (Phi) is 6.83. The third-order valence-electron chi connectivity index (χ3n) is 5.17. The van der Waals surface area contributed by atoms with Crippen LogP contribution in [0.4, 0.5) is 5.13 Å². The monoisotopic (exact) mass is 475 g/mol. The van der Waals surface area contributed by atoms with Gasteiger partial charge in [-0.15, -0.1) is 5.10 Å². The average molecular weight is 476 g/mol. The smallest absolute Gasteiger partial charge is 0.296 e. The van der Waals surface area contributed by atoms with Gasteiger partial charge in [0.25, 0.3) is 11.1 Å². The third kappa shape index (κ3) is 5.14. The summed E-state index contributed by atoms with van der Waals surface area (Å²) in [6, 6.07) is 3.43. The number of aromatic nitrogens is 4. The number of methoxy groups -OCH3 is 1. The molecular weight excluding hydrogens is 454 g/mol. The van der Waals surface area contributed by atoms with E-state index in [1.807, 2.05) is 6.92 Å². The van der Waals surface area contributed by atoms with Crippen molar-refractivity contribution in [2.24, 2.45) is 0 Å². The molecule has 0 unspecified atom stereocenters. The zero-order chi connectivity index (χ0) is 22.7. The molecule has 0 spiro atoms. The highest BCUT2D eigenvalue weighted by Gasteiger charge is 2.23. The van der Waals surface area contributed by atoms with Crippen molar-refractivity contribution >= 4 is 34.0 Å². The molecule has 0 aromatic carbocycles. The number of carbonyl (C=O) groups excluding carboxylic acids is 1.